The van der Waals surface area contributed by atoms with Gasteiger partial charge in [-0.3, -0.25) is 9.59 Å². The number of hydrogen-bond acceptors (Lipinski definition) is 6. The van der Waals surface area contributed by atoms with Crippen LogP contribution in [0.15, 0.2) is 52.4 Å². The summed E-state index contributed by atoms with van der Waals surface area (Å²) in [6.45, 7) is 1.40. The Bertz CT molecular complexity index is 1090. The second-order valence-corrected chi connectivity index (χ2v) is 6.23. The number of halogens is 1. The van der Waals surface area contributed by atoms with E-state index in [1.54, 1.807) is 42.5 Å². The Labute approximate surface area is 158 Å². The topological polar surface area (TPSA) is 133 Å². The number of rotatable bonds is 4. The number of fused-ring (bicyclic) bond motifs is 1. The van der Waals surface area contributed by atoms with Gasteiger partial charge in [-0.05, 0) is 35.9 Å². The molecule has 138 valence electrons. The number of nitrogens with one attached hydrogen (secondary N) is 2. The zero-order valence-corrected chi connectivity index (χ0v) is 15.0. The summed E-state index contributed by atoms with van der Waals surface area (Å²) in [6.07, 6.45) is -1.28. The predicted molar refractivity (Wildman–Crippen MR) is 104 cm³/mol. The summed E-state index contributed by atoms with van der Waals surface area (Å²) in [7, 11) is 0. The molecule has 1 atom stereocenters. The van der Waals surface area contributed by atoms with Crippen molar-refractivity contribution in [2.45, 2.75) is 13.0 Å². The number of hydrogen-bond donors (Lipinski definition) is 4. The van der Waals surface area contributed by atoms with E-state index in [0.717, 1.165) is 0 Å². The van der Waals surface area contributed by atoms with Gasteiger partial charge in [0.2, 0.25) is 5.91 Å². The average molecular weight is 386 g/mol. The molecule has 5 N–H and O–H groups in total. The molecule has 2 aromatic carbocycles. The van der Waals surface area contributed by atoms with E-state index in [9.17, 15) is 14.7 Å². The molecule has 8 nitrogen and oxygen atoms in total. The van der Waals surface area contributed by atoms with Crippen LogP contribution in [0.4, 0.5) is 5.69 Å². The number of aliphatic hydroxyl groups excluding tert-OH is 1. The van der Waals surface area contributed by atoms with E-state index in [0.29, 0.717) is 27.3 Å². The highest BCUT2D eigenvalue weighted by atomic mass is 35.5. The lowest BCUT2D eigenvalue weighted by molar-refractivity contribution is -0.114. The second-order valence-electron chi connectivity index (χ2n) is 5.80. The van der Waals surface area contributed by atoms with Crippen LogP contribution >= 0.6 is 11.6 Å². The van der Waals surface area contributed by atoms with Gasteiger partial charge < -0.3 is 21.2 Å². The van der Waals surface area contributed by atoms with Crippen LogP contribution in [0, 0.1) is 0 Å². The number of aromatic nitrogens is 2. The Balaban J connectivity index is 1.98. The summed E-state index contributed by atoms with van der Waals surface area (Å²) in [4.78, 5) is 30.4. The smallest absolute Gasteiger partial charge is 0.276 e. The van der Waals surface area contributed by atoms with E-state index in [1.165, 1.54) is 6.92 Å². The van der Waals surface area contributed by atoms with Crippen LogP contribution in [0.25, 0.3) is 11.0 Å². The quantitative estimate of drug-likeness (QED) is 0.309. The Morgan fingerprint density at radius 1 is 1.30 bits per heavy atom. The van der Waals surface area contributed by atoms with Crippen molar-refractivity contribution in [3.8, 4) is 0 Å². The minimum atomic E-state index is -1.28. The molecule has 0 saturated carbocycles. The molecule has 1 unspecified atom stereocenters. The zero-order valence-electron chi connectivity index (χ0n) is 14.2. The minimum absolute atomic E-state index is 0.0830. The number of nitrogens with zero attached hydrogens (tertiary/aromatic N) is 2. The normalized spacial score (nSPS) is 12.8. The maximum Gasteiger partial charge on any atom is 0.276 e. The summed E-state index contributed by atoms with van der Waals surface area (Å²) in [5, 5.41) is 17.3. The maximum atomic E-state index is 12.4. The maximum absolute atomic E-state index is 12.4. The Hall–Kier alpha value is -3.23. The van der Waals surface area contributed by atoms with Crippen LogP contribution in [0.2, 0.25) is 5.02 Å². The molecule has 0 spiro atoms. The Kier molecular flexibility index (Phi) is 5.20. The van der Waals surface area contributed by atoms with E-state index >= 15 is 0 Å². The molecule has 0 saturated heterocycles. The Morgan fingerprint density at radius 3 is 2.63 bits per heavy atom. The molecule has 3 rings (SSSR count). The van der Waals surface area contributed by atoms with Crippen LogP contribution in [0.5, 0.6) is 0 Å². The fraction of sp³-hybridized carbons (Fsp3) is 0.111. The van der Waals surface area contributed by atoms with Crippen molar-refractivity contribution in [1.82, 2.24) is 9.97 Å². The van der Waals surface area contributed by atoms with Gasteiger partial charge in [-0.1, -0.05) is 23.7 Å². The standard InChI is InChI=1S/C18H16ClN5O3/c1-9(25)21-12-5-2-10(3-6-12)17(26)15(24-20)16-18(27)23-14-8-11(19)4-7-13(14)22-16/h2-8,17,26H,20H2,1H3,(H,21,25)(H,23,27)/b24-15+. The van der Waals surface area contributed by atoms with Gasteiger partial charge >= 0.3 is 0 Å². The third-order valence-corrected chi connectivity index (χ3v) is 4.08. The molecule has 0 bridgehead atoms. The molecule has 1 heterocycles. The first kappa shape index (κ1) is 18.6. The molecule has 0 aliphatic rings. The van der Waals surface area contributed by atoms with E-state index in [1.807, 2.05) is 0 Å². The first-order chi connectivity index (χ1) is 12.9. The molecule has 0 aliphatic carbocycles. The van der Waals surface area contributed by atoms with E-state index < -0.39 is 11.7 Å². The SMILES string of the molecule is CC(=O)Nc1ccc(C(O)/C(=N/N)c2nc3ccc(Cl)cc3[nH]c2=O)cc1. The summed E-state index contributed by atoms with van der Waals surface area (Å²) >= 11 is 5.92. The van der Waals surface area contributed by atoms with Gasteiger partial charge in [0, 0.05) is 17.6 Å². The van der Waals surface area contributed by atoms with Crippen LogP contribution in [-0.2, 0) is 4.79 Å². The van der Waals surface area contributed by atoms with Gasteiger partial charge in [-0.25, -0.2) is 4.98 Å². The van der Waals surface area contributed by atoms with Gasteiger partial charge in [0.1, 0.15) is 11.8 Å². The number of aromatic amines is 1. The molecule has 1 amide bonds. The number of amides is 1. The molecule has 0 radical (unpaired) electrons. The minimum Gasteiger partial charge on any atom is -0.382 e. The van der Waals surface area contributed by atoms with E-state index in [-0.39, 0.29) is 17.3 Å². The van der Waals surface area contributed by atoms with Crippen LogP contribution in [0.1, 0.15) is 24.3 Å². The first-order valence-corrected chi connectivity index (χ1v) is 8.30. The third-order valence-electron chi connectivity index (χ3n) is 3.84. The Morgan fingerprint density at radius 2 is 2.00 bits per heavy atom. The highest BCUT2D eigenvalue weighted by Crippen LogP contribution is 2.21. The van der Waals surface area contributed by atoms with Crippen molar-refractivity contribution < 1.29 is 9.90 Å². The molecule has 27 heavy (non-hydrogen) atoms. The number of nitrogens with two attached hydrogens (primary N) is 1. The van der Waals surface area contributed by atoms with Gasteiger partial charge in [0.05, 0.1) is 11.0 Å². The molecular formula is C18H16ClN5O3. The lowest BCUT2D eigenvalue weighted by Crippen LogP contribution is -2.26. The highest BCUT2D eigenvalue weighted by Gasteiger charge is 2.22. The van der Waals surface area contributed by atoms with Crippen molar-refractivity contribution >= 4 is 39.9 Å². The van der Waals surface area contributed by atoms with Crippen LogP contribution < -0.4 is 16.7 Å². The number of aliphatic hydroxyl groups is 1. The monoisotopic (exact) mass is 385 g/mol. The number of anilines is 1. The lowest BCUT2D eigenvalue weighted by atomic mass is 10.0. The molecule has 0 aliphatic heterocycles. The number of benzene rings is 2. The van der Waals surface area contributed by atoms with Crippen molar-refractivity contribution in [2.75, 3.05) is 5.32 Å². The summed E-state index contributed by atoms with van der Waals surface area (Å²) in [5.74, 6) is 5.22. The predicted octanol–water partition coefficient (Wildman–Crippen LogP) is 1.93. The van der Waals surface area contributed by atoms with Gasteiger partial charge in [-0.2, -0.15) is 5.10 Å². The van der Waals surface area contributed by atoms with Crippen molar-refractivity contribution in [1.29, 1.82) is 0 Å². The fourth-order valence-corrected chi connectivity index (χ4v) is 2.78. The van der Waals surface area contributed by atoms with Gasteiger partial charge in [0.25, 0.3) is 5.56 Å². The fourth-order valence-electron chi connectivity index (χ4n) is 2.60. The van der Waals surface area contributed by atoms with Crippen molar-refractivity contribution in [2.24, 2.45) is 10.9 Å². The highest BCUT2D eigenvalue weighted by molar-refractivity contribution is 6.31. The van der Waals surface area contributed by atoms with Gasteiger partial charge in [-0.15, -0.1) is 0 Å². The number of carbonyl (C=O) groups is 1. The summed E-state index contributed by atoms with van der Waals surface area (Å²) < 4.78 is 0. The van der Waals surface area contributed by atoms with Crippen LogP contribution in [0.3, 0.4) is 0 Å². The van der Waals surface area contributed by atoms with Crippen LogP contribution in [-0.4, -0.2) is 26.7 Å². The zero-order chi connectivity index (χ0) is 19.6. The van der Waals surface area contributed by atoms with Crippen molar-refractivity contribution in [3.63, 3.8) is 0 Å². The van der Waals surface area contributed by atoms with Gasteiger partial charge in [0.15, 0.2) is 5.69 Å². The van der Waals surface area contributed by atoms with E-state index in [2.05, 4.69) is 20.4 Å². The van der Waals surface area contributed by atoms with E-state index in [4.69, 9.17) is 17.4 Å². The molecule has 3 aromatic rings. The summed E-state index contributed by atoms with van der Waals surface area (Å²) in [6, 6.07) is 11.3. The molecule has 9 heteroatoms. The molecular weight excluding hydrogens is 370 g/mol. The van der Waals surface area contributed by atoms with Crippen molar-refractivity contribution in [3.05, 3.63) is 69.1 Å². The summed E-state index contributed by atoms with van der Waals surface area (Å²) in [5.41, 5.74) is 1.22. The lowest BCUT2D eigenvalue weighted by Gasteiger charge is -2.14. The number of hydrazone groups is 1. The second kappa shape index (κ2) is 7.56. The molecule has 0 fully saturated rings. The molecule has 1 aromatic heterocycles. The third kappa shape index (κ3) is 3.97. The number of carbonyl (C=O) groups excluding carboxylic acids is 1. The first-order valence-electron chi connectivity index (χ1n) is 7.92. The number of H-pyrrole nitrogens is 1. The average Bonchev–Trinajstić information content (AvgIpc) is 2.62. The largest absolute Gasteiger partial charge is 0.382 e.